The lowest BCUT2D eigenvalue weighted by Gasteiger charge is -2.25. The Morgan fingerprint density at radius 3 is 2.55 bits per heavy atom. The second-order valence-corrected chi connectivity index (χ2v) is 2.81. The first-order valence-corrected chi connectivity index (χ1v) is 3.61. The fourth-order valence-corrected chi connectivity index (χ4v) is 0.639. The molecule has 0 amide bonds. The molecule has 0 saturated heterocycles. The summed E-state index contributed by atoms with van der Waals surface area (Å²) in [4.78, 5) is 0. The minimum absolute atomic E-state index is 0.0356. The smallest absolute Gasteiger partial charge is 0.0870 e. The summed E-state index contributed by atoms with van der Waals surface area (Å²) in [6, 6.07) is 0. The standard InChI is InChI=1S/C9H16O2/c1-5-8(2)9(3,4)11-7-6-10/h5,10H,1-2,6-7H2,3-4H3. The molecule has 0 heterocycles. The third kappa shape index (κ3) is 3.35. The van der Waals surface area contributed by atoms with E-state index in [0.717, 1.165) is 5.57 Å². The molecule has 64 valence electrons. The summed E-state index contributed by atoms with van der Waals surface area (Å²) in [5.74, 6) is 0. The van der Waals surface area contributed by atoms with Gasteiger partial charge in [-0.3, -0.25) is 0 Å². The maximum Gasteiger partial charge on any atom is 0.0870 e. The van der Waals surface area contributed by atoms with E-state index in [-0.39, 0.29) is 6.61 Å². The molecule has 0 bridgehead atoms. The minimum Gasteiger partial charge on any atom is -0.394 e. The normalized spacial score (nSPS) is 11.2. The molecule has 0 aliphatic carbocycles. The first kappa shape index (κ1) is 10.4. The highest BCUT2D eigenvalue weighted by atomic mass is 16.5. The molecule has 11 heavy (non-hydrogen) atoms. The van der Waals surface area contributed by atoms with Gasteiger partial charge in [-0.1, -0.05) is 19.2 Å². The lowest BCUT2D eigenvalue weighted by Crippen LogP contribution is -2.27. The van der Waals surface area contributed by atoms with Crippen LogP contribution < -0.4 is 0 Å². The van der Waals surface area contributed by atoms with Crippen LogP contribution in [-0.4, -0.2) is 23.9 Å². The van der Waals surface area contributed by atoms with E-state index in [2.05, 4.69) is 13.2 Å². The van der Waals surface area contributed by atoms with E-state index in [1.54, 1.807) is 6.08 Å². The molecule has 1 N–H and O–H groups in total. The van der Waals surface area contributed by atoms with Crippen LogP contribution in [0.1, 0.15) is 13.8 Å². The monoisotopic (exact) mass is 156 g/mol. The summed E-state index contributed by atoms with van der Waals surface area (Å²) >= 11 is 0. The maximum absolute atomic E-state index is 8.50. The van der Waals surface area contributed by atoms with Crippen LogP contribution in [0.5, 0.6) is 0 Å². The average Bonchev–Trinajstić information content (AvgIpc) is 1.99. The molecule has 0 saturated carbocycles. The van der Waals surface area contributed by atoms with E-state index in [1.807, 2.05) is 13.8 Å². The van der Waals surface area contributed by atoms with Crippen LogP contribution in [0.2, 0.25) is 0 Å². The second-order valence-electron chi connectivity index (χ2n) is 2.81. The summed E-state index contributed by atoms with van der Waals surface area (Å²) in [7, 11) is 0. The predicted molar refractivity (Wildman–Crippen MR) is 46.5 cm³/mol. The van der Waals surface area contributed by atoms with Crippen LogP contribution in [0.3, 0.4) is 0 Å². The van der Waals surface area contributed by atoms with Gasteiger partial charge >= 0.3 is 0 Å². The molecule has 0 aliphatic rings. The highest BCUT2D eigenvalue weighted by Gasteiger charge is 2.19. The van der Waals surface area contributed by atoms with Crippen LogP contribution in [-0.2, 0) is 4.74 Å². The van der Waals surface area contributed by atoms with Crippen LogP contribution >= 0.6 is 0 Å². The largest absolute Gasteiger partial charge is 0.394 e. The summed E-state index contributed by atoms with van der Waals surface area (Å²) in [6.07, 6.45) is 1.66. The van der Waals surface area contributed by atoms with Crippen LogP contribution in [0, 0.1) is 0 Å². The predicted octanol–water partition coefficient (Wildman–Crippen LogP) is 1.52. The summed E-state index contributed by atoms with van der Waals surface area (Å²) in [5.41, 5.74) is 0.413. The van der Waals surface area contributed by atoms with Crippen LogP contribution in [0.15, 0.2) is 24.8 Å². The lowest BCUT2D eigenvalue weighted by atomic mass is 10.00. The molecule has 0 fully saturated rings. The third-order valence-electron chi connectivity index (χ3n) is 1.57. The minimum atomic E-state index is -0.412. The van der Waals surface area contributed by atoms with Crippen molar-refractivity contribution < 1.29 is 9.84 Å². The van der Waals surface area contributed by atoms with E-state index in [4.69, 9.17) is 9.84 Å². The molecule has 0 spiro atoms. The van der Waals surface area contributed by atoms with E-state index < -0.39 is 5.60 Å². The van der Waals surface area contributed by atoms with E-state index in [1.165, 1.54) is 0 Å². The first-order valence-electron chi connectivity index (χ1n) is 3.61. The fraction of sp³-hybridized carbons (Fsp3) is 0.556. The van der Waals surface area contributed by atoms with Crippen LogP contribution in [0.25, 0.3) is 0 Å². The lowest BCUT2D eigenvalue weighted by molar-refractivity contribution is -0.00550. The number of hydrogen-bond acceptors (Lipinski definition) is 2. The molecule has 2 nitrogen and oxygen atoms in total. The first-order chi connectivity index (χ1) is 5.04. The molecule has 0 radical (unpaired) electrons. The van der Waals surface area contributed by atoms with Crippen molar-refractivity contribution >= 4 is 0 Å². The van der Waals surface area contributed by atoms with Gasteiger partial charge in [0.05, 0.1) is 18.8 Å². The molecule has 0 rings (SSSR count). The highest BCUT2D eigenvalue weighted by Crippen LogP contribution is 2.19. The summed E-state index contributed by atoms with van der Waals surface area (Å²) in [5, 5.41) is 8.50. The van der Waals surface area contributed by atoms with E-state index in [0.29, 0.717) is 6.61 Å². The van der Waals surface area contributed by atoms with E-state index in [9.17, 15) is 0 Å². The molecule has 0 aromatic heterocycles. The quantitative estimate of drug-likeness (QED) is 0.611. The zero-order valence-electron chi connectivity index (χ0n) is 7.26. The van der Waals surface area contributed by atoms with Gasteiger partial charge in [-0.25, -0.2) is 0 Å². The Balaban J connectivity index is 3.98. The third-order valence-corrected chi connectivity index (χ3v) is 1.57. The number of hydrogen-bond donors (Lipinski definition) is 1. The molecule has 0 atom stereocenters. The number of ether oxygens (including phenoxy) is 1. The van der Waals surface area contributed by atoms with Gasteiger partial charge < -0.3 is 9.84 Å². The summed E-state index contributed by atoms with van der Waals surface area (Å²) in [6.45, 7) is 11.5. The average molecular weight is 156 g/mol. The van der Waals surface area contributed by atoms with Gasteiger partial charge in [0.2, 0.25) is 0 Å². The van der Waals surface area contributed by atoms with Crippen molar-refractivity contribution in [3.05, 3.63) is 24.8 Å². The van der Waals surface area contributed by atoms with Crippen molar-refractivity contribution in [2.45, 2.75) is 19.4 Å². The van der Waals surface area contributed by atoms with Crippen LogP contribution in [0.4, 0.5) is 0 Å². The molecule has 0 aromatic rings. The Labute approximate surface area is 68.2 Å². The molecule has 2 heteroatoms. The Kier molecular flexibility index (Phi) is 4.08. The number of aliphatic hydroxyl groups excluding tert-OH is 1. The molecular weight excluding hydrogens is 140 g/mol. The summed E-state index contributed by atoms with van der Waals surface area (Å²) < 4.78 is 5.31. The zero-order chi connectivity index (χ0) is 8.91. The second kappa shape index (κ2) is 4.31. The zero-order valence-corrected chi connectivity index (χ0v) is 7.26. The highest BCUT2D eigenvalue weighted by molar-refractivity contribution is 5.21. The van der Waals surface area contributed by atoms with Crippen molar-refractivity contribution in [3.63, 3.8) is 0 Å². The van der Waals surface area contributed by atoms with Gasteiger partial charge in [-0.15, -0.1) is 0 Å². The molecule has 0 unspecified atom stereocenters. The van der Waals surface area contributed by atoms with Gasteiger partial charge in [-0.05, 0) is 19.4 Å². The van der Waals surface area contributed by atoms with Crippen molar-refractivity contribution in [1.82, 2.24) is 0 Å². The van der Waals surface area contributed by atoms with Gasteiger partial charge in [-0.2, -0.15) is 0 Å². The number of rotatable bonds is 5. The maximum atomic E-state index is 8.50. The molecular formula is C9H16O2. The Morgan fingerprint density at radius 1 is 1.64 bits per heavy atom. The van der Waals surface area contributed by atoms with E-state index >= 15 is 0 Å². The Hall–Kier alpha value is -0.600. The van der Waals surface area contributed by atoms with Crippen molar-refractivity contribution in [3.8, 4) is 0 Å². The SMILES string of the molecule is C=CC(=C)C(C)(C)OCCO. The van der Waals surface area contributed by atoms with Gasteiger partial charge in [0, 0.05) is 0 Å². The molecule has 0 aliphatic heterocycles. The van der Waals surface area contributed by atoms with Crippen molar-refractivity contribution in [2.75, 3.05) is 13.2 Å². The topological polar surface area (TPSA) is 29.5 Å². The van der Waals surface area contributed by atoms with Crippen molar-refractivity contribution in [2.24, 2.45) is 0 Å². The Morgan fingerprint density at radius 2 is 2.18 bits per heavy atom. The fourth-order valence-electron chi connectivity index (χ4n) is 0.639. The number of aliphatic hydroxyl groups is 1. The van der Waals surface area contributed by atoms with Crippen molar-refractivity contribution in [1.29, 1.82) is 0 Å². The molecule has 0 aromatic carbocycles. The Bertz CT molecular complexity index is 148. The van der Waals surface area contributed by atoms with Gasteiger partial charge in [0.15, 0.2) is 0 Å². The van der Waals surface area contributed by atoms with Gasteiger partial charge in [0.1, 0.15) is 0 Å². The van der Waals surface area contributed by atoms with Gasteiger partial charge in [0.25, 0.3) is 0 Å².